The van der Waals surface area contributed by atoms with E-state index >= 15 is 0 Å². The van der Waals surface area contributed by atoms with E-state index in [2.05, 4.69) is 12.2 Å². The fourth-order valence-electron chi connectivity index (χ4n) is 2.18. The molecule has 1 heterocycles. The van der Waals surface area contributed by atoms with Gasteiger partial charge < -0.3 is 10.1 Å². The maximum atomic E-state index is 6.25. The standard InChI is InChI=1S/C15H17Cl2NOS/c1-3-18-13(15-12(17)6-7-20-15)9-10-8-11(16)4-5-14(10)19-2/h4-8,13,18H,3,9H2,1-2H3. The molecule has 1 aromatic carbocycles. The third-order valence-corrected chi connectivity index (χ3v) is 4.79. The van der Waals surface area contributed by atoms with Crippen LogP contribution in [-0.2, 0) is 6.42 Å². The van der Waals surface area contributed by atoms with Gasteiger partial charge in [-0.25, -0.2) is 0 Å². The maximum absolute atomic E-state index is 6.25. The summed E-state index contributed by atoms with van der Waals surface area (Å²) in [6, 6.07) is 7.79. The Bertz CT molecular complexity index is 571. The lowest BCUT2D eigenvalue weighted by Crippen LogP contribution is -2.22. The zero-order chi connectivity index (χ0) is 14.5. The van der Waals surface area contributed by atoms with Crippen molar-refractivity contribution in [2.45, 2.75) is 19.4 Å². The first-order valence-corrected chi connectivity index (χ1v) is 8.08. The topological polar surface area (TPSA) is 21.3 Å². The van der Waals surface area contributed by atoms with Crippen molar-refractivity contribution >= 4 is 34.5 Å². The maximum Gasteiger partial charge on any atom is 0.122 e. The number of hydrogen-bond acceptors (Lipinski definition) is 3. The number of rotatable bonds is 6. The van der Waals surface area contributed by atoms with Crippen molar-refractivity contribution < 1.29 is 4.74 Å². The molecule has 0 aliphatic heterocycles. The lowest BCUT2D eigenvalue weighted by molar-refractivity contribution is 0.406. The highest BCUT2D eigenvalue weighted by Crippen LogP contribution is 2.33. The summed E-state index contributed by atoms with van der Waals surface area (Å²) in [7, 11) is 1.67. The molecule has 0 aliphatic rings. The molecule has 20 heavy (non-hydrogen) atoms. The number of ether oxygens (including phenoxy) is 1. The molecule has 0 radical (unpaired) electrons. The summed E-state index contributed by atoms with van der Waals surface area (Å²) in [5, 5.41) is 7.01. The van der Waals surface area contributed by atoms with Crippen molar-refractivity contribution in [3.63, 3.8) is 0 Å². The predicted octanol–water partition coefficient (Wildman–Crippen LogP) is 4.96. The van der Waals surface area contributed by atoms with Gasteiger partial charge in [0.05, 0.1) is 12.1 Å². The summed E-state index contributed by atoms with van der Waals surface area (Å²) < 4.78 is 5.41. The SMILES string of the molecule is CCNC(Cc1cc(Cl)ccc1OC)c1sccc1Cl. The largest absolute Gasteiger partial charge is 0.496 e. The van der Waals surface area contributed by atoms with Crippen LogP contribution in [-0.4, -0.2) is 13.7 Å². The average Bonchev–Trinajstić information content (AvgIpc) is 2.85. The molecule has 2 rings (SSSR count). The van der Waals surface area contributed by atoms with E-state index in [4.69, 9.17) is 27.9 Å². The first-order valence-electron chi connectivity index (χ1n) is 6.44. The van der Waals surface area contributed by atoms with Crippen molar-refractivity contribution in [1.82, 2.24) is 5.32 Å². The fourth-order valence-corrected chi connectivity index (χ4v) is 3.64. The lowest BCUT2D eigenvalue weighted by atomic mass is 10.0. The van der Waals surface area contributed by atoms with Crippen LogP contribution in [0.15, 0.2) is 29.6 Å². The van der Waals surface area contributed by atoms with E-state index in [9.17, 15) is 0 Å². The van der Waals surface area contributed by atoms with Crippen molar-refractivity contribution in [3.05, 3.63) is 50.1 Å². The number of halogens is 2. The van der Waals surface area contributed by atoms with Crippen LogP contribution in [0.25, 0.3) is 0 Å². The predicted molar refractivity (Wildman–Crippen MR) is 87.5 cm³/mol. The second-order valence-electron chi connectivity index (χ2n) is 4.40. The minimum absolute atomic E-state index is 0.167. The van der Waals surface area contributed by atoms with Gasteiger partial charge in [-0.15, -0.1) is 11.3 Å². The van der Waals surface area contributed by atoms with Gasteiger partial charge in [0.1, 0.15) is 5.75 Å². The van der Waals surface area contributed by atoms with Crippen molar-refractivity contribution in [2.75, 3.05) is 13.7 Å². The van der Waals surface area contributed by atoms with Gasteiger partial charge in [-0.2, -0.15) is 0 Å². The van der Waals surface area contributed by atoms with Crippen molar-refractivity contribution in [3.8, 4) is 5.75 Å². The smallest absolute Gasteiger partial charge is 0.122 e. The molecule has 0 spiro atoms. The van der Waals surface area contributed by atoms with Crippen LogP contribution >= 0.6 is 34.5 Å². The van der Waals surface area contributed by atoms with Gasteiger partial charge in [0.15, 0.2) is 0 Å². The van der Waals surface area contributed by atoms with E-state index in [0.717, 1.165) is 34.2 Å². The second-order valence-corrected chi connectivity index (χ2v) is 6.19. The highest BCUT2D eigenvalue weighted by Gasteiger charge is 2.18. The van der Waals surface area contributed by atoms with Gasteiger partial charge in [0.2, 0.25) is 0 Å². The summed E-state index contributed by atoms with van der Waals surface area (Å²) in [6.45, 7) is 2.96. The first kappa shape index (κ1) is 15.6. The van der Waals surface area contributed by atoms with E-state index in [1.54, 1.807) is 18.4 Å². The average molecular weight is 330 g/mol. The molecule has 1 atom stereocenters. The fraction of sp³-hybridized carbons (Fsp3) is 0.333. The summed E-state index contributed by atoms with van der Waals surface area (Å²) in [4.78, 5) is 1.15. The van der Waals surface area contributed by atoms with Crippen LogP contribution in [0, 0.1) is 0 Å². The Hall–Kier alpha value is -0.740. The molecule has 0 fully saturated rings. The van der Waals surface area contributed by atoms with Gasteiger partial charge in [-0.1, -0.05) is 30.1 Å². The molecular weight excluding hydrogens is 313 g/mol. The number of nitrogens with one attached hydrogen (secondary N) is 1. The van der Waals surface area contributed by atoms with E-state index in [1.165, 1.54) is 0 Å². The molecule has 0 saturated heterocycles. The normalized spacial score (nSPS) is 12.4. The summed E-state index contributed by atoms with van der Waals surface area (Å²) in [5.41, 5.74) is 1.08. The van der Waals surface area contributed by atoms with E-state index in [0.29, 0.717) is 5.02 Å². The van der Waals surface area contributed by atoms with E-state index in [-0.39, 0.29) is 6.04 Å². The van der Waals surface area contributed by atoms with Gasteiger partial charge >= 0.3 is 0 Å². The molecular formula is C15H17Cl2NOS. The lowest BCUT2D eigenvalue weighted by Gasteiger charge is -2.19. The molecule has 0 aliphatic carbocycles. The van der Waals surface area contributed by atoms with Gasteiger partial charge in [0, 0.05) is 15.9 Å². The van der Waals surface area contributed by atoms with Gasteiger partial charge in [-0.3, -0.25) is 0 Å². The molecule has 1 aromatic heterocycles. The molecule has 5 heteroatoms. The molecule has 0 bridgehead atoms. The van der Waals surface area contributed by atoms with Crippen LogP contribution in [0.4, 0.5) is 0 Å². The number of methoxy groups -OCH3 is 1. The quantitative estimate of drug-likeness (QED) is 0.808. The Morgan fingerprint density at radius 3 is 2.70 bits per heavy atom. The van der Waals surface area contributed by atoms with Crippen molar-refractivity contribution in [1.29, 1.82) is 0 Å². The van der Waals surface area contributed by atoms with Crippen LogP contribution in [0.2, 0.25) is 10.0 Å². The number of thiophene rings is 1. The van der Waals surface area contributed by atoms with Gasteiger partial charge in [-0.05, 0) is 48.2 Å². The minimum atomic E-state index is 0.167. The number of hydrogen-bond donors (Lipinski definition) is 1. The zero-order valence-electron chi connectivity index (χ0n) is 11.5. The number of benzene rings is 1. The van der Waals surface area contributed by atoms with Crippen LogP contribution in [0.5, 0.6) is 5.75 Å². The van der Waals surface area contributed by atoms with Crippen LogP contribution in [0.1, 0.15) is 23.4 Å². The Morgan fingerprint density at radius 2 is 2.10 bits per heavy atom. The summed E-state index contributed by atoms with van der Waals surface area (Å²) >= 11 is 14.0. The molecule has 0 amide bonds. The Morgan fingerprint density at radius 1 is 1.30 bits per heavy atom. The summed E-state index contributed by atoms with van der Waals surface area (Å²) in [5.74, 6) is 0.852. The molecule has 0 saturated carbocycles. The third kappa shape index (κ3) is 3.67. The van der Waals surface area contributed by atoms with E-state index < -0.39 is 0 Å². The van der Waals surface area contributed by atoms with Gasteiger partial charge in [0.25, 0.3) is 0 Å². The Balaban J connectivity index is 2.29. The Labute approximate surface area is 133 Å². The highest BCUT2D eigenvalue weighted by atomic mass is 35.5. The second kappa shape index (κ2) is 7.32. The molecule has 108 valence electrons. The molecule has 1 unspecified atom stereocenters. The molecule has 2 aromatic rings. The van der Waals surface area contributed by atoms with Crippen molar-refractivity contribution in [2.24, 2.45) is 0 Å². The first-order chi connectivity index (χ1) is 9.65. The third-order valence-electron chi connectivity index (χ3n) is 3.08. The van der Waals surface area contributed by atoms with Crippen LogP contribution in [0.3, 0.4) is 0 Å². The number of likely N-dealkylation sites (N-methyl/N-ethyl adjacent to an activating group) is 1. The molecule has 1 N–H and O–H groups in total. The Kier molecular flexibility index (Phi) is 5.73. The molecule has 2 nitrogen and oxygen atoms in total. The minimum Gasteiger partial charge on any atom is -0.496 e. The zero-order valence-corrected chi connectivity index (χ0v) is 13.8. The van der Waals surface area contributed by atoms with E-state index in [1.807, 2.05) is 29.6 Å². The van der Waals surface area contributed by atoms with Crippen LogP contribution < -0.4 is 10.1 Å². The summed E-state index contributed by atoms with van der Waals surface area (Å²) in [6.07, 6.45) is 0.789. The monoisotopic (exact) mass is 329 g/mol. The highest BCUT2D eigenvalue weighted by molar-refractivity contribution is 7.10.